The maximum Gasteiger partial charge on any atom is 0.340 e. The number of rotatable bonds is 6. The molecule has 1 aromatic heterocycles. The van der Waals surface area contributed by atoms with Gasteiger partial charge in [0.05, 0.1) is 34.1 Å². The molecule has 150 valence electrons. The maximum atomic E-state index is 12.7. The largest absolute Gasteiger partial charge is 0.452 e. The number of nitrogens with one attached hydrogen (secondary N) is 1. The Morgan fingerprint density at radius 1 is 1.14 bits per heavy atom. The van der Waals surface area contributed by atoms with Gasteiger partial charge in [-0.15, -0.1) is 0 Å². The third-order valence-corrected chi connectivity index (χ3v) is 4.76. The highest BCUT2D eigenvalue weighted by Crippen LogP contribution is 2.25. The molecule has 29 heavy (non-hydrogen) atoms. The molecule has 0 fully saturated rings. The van der Waals surface area contributed by atoms with Gasteiger partial charge >= 0.3 is 5.97 Å². The Balaban J connectivity index is 1.77. The second-order valence-corrected chi connectivity index (χ2v) is 7.02. The minimum atomic E-state index is -0.627. The molecule has 0 spiro atoms. The quantitative estimate of drug-likeness (QED) is 0.605. The lowest BCUT2D eigenvalue weighted by atomic mass is 10.0. The van der Waals surface area contributed by atoms with Gasteiger partial charge in [0.25, 0.3) is 5.91 Å². The molecule has 0 unspecified atom stereocenters. The van der Waals surface area contributed by atoms with Crippen LogP contribution in [0.15, 0.2) is 42.5 Å². The molecule has 1 N–H and O–H groups in total. The van der Waals surface area contributed by atoms with Crippen LogP contribution >= 0.6 is 11.6 Å². The Morgan fingerprint density at radius 2 is 1.90 bits per heavy atom. The van der Waals surface area contributed by atoms with Crippen molar-refractivity contribution < 1.29 is 19.1 Å². The van der Waals surface area contributed by atoms with Crippen molar-refractivity contribution in [2.45, 2.75) is 20.5 Å². The molecule has 1 heterocycles. The van der Waals surface area contributed by atoms with Crippen molar-refractivity contribution in [2.24, 2.45) is 0 Å². The van der Waals surface area contributed by atoms with Crippen LogP contribution in [0.25, 0.3) is 10.9 Å². The molecule has 0 aliphatic carbocycles. The van der Waals surface area contributed by atoms with Gasteiger partial charge in [-0.2, -0.15) is 0 Å². The normalized spacial score (nSPS) is 10.8. The van der Waals surface area contributed by atoms with Crippen molar-refractivity contribution in [2.75, 3.05) is 19.0 Å². The maximum absolute atomic E-state index is 12.7. The van der Waals surface area contributed by atoms with E-state index in [4.69, 9.17) is 21.1 Å². The number of hydrogen-bond donors (Lipinski definition) is 1. The molecular weight excluding hydrogens is 392 g/mol. The highest BCUT2D eigenvalue weighted by atomic mass is 35.5. The molecule has 2 aromatic carbocycles. The number of halogens is 1. The van der Waals surface area contributed by atoms with Crippen molar-refractivity contribution >= 4 is 40.1 Å². The van der Waals surface area contributed by atoms with Crippen LogP contribution in [0.5, 0.6) is 0 Å². The second-order valence-electron chi connectivity index (χ2n) is 6.62. The third-order valence-electron chi connectivity index (χ3n) is 4.45. The van der Waals surface area contributed by atoms with Crippen molar-refractivity contribution in [3.05, 3.63) is 69.9 Å². The van der Waals surface area contributed by atoms with E-state index in [0.717, 1.165) is 22.0 Å². The van der Waals surface area contributed by atoms with E-state index >= 15 is 0 Å². The molecule has 7 heteroatoms. The van der Waals surface area contributed by atoms with Crippen molar-refractivity contribution in [3.63, 3.8) is 0 Å². The zero-order valence-corrected chi connectivity index (χ0v) is 17.2. The van der Waals surface area contributed by atoms with Crippen LogP contribution in [0, 0.1) is 13.8 Å². The number of benzene rings is 2. The average molecular weight is 413 g/mol. The molecule has 0 aliphatic rings. The predicted molar refractivity (Wildman–Crippen MR) is 112 cm³/mol. The zero-order chi connectivity index (χ0) is 21.0. The van der Waals surface area contributed by atoms with E-state index in [0.29, 0.717) is 22.0 Å². The number of pyridine rings is 1. The zero-order valence-electron chi connectivity index (χ0n) is 16.4. The molecule has 3 rings (SSSR count). The van der Waals surface area contributed by atoms with Gasteiger partial charge in [-0.3, -0.25) is 4.79 Å². The minimum Gasteiger partial charge on any atom is -0.452 e. The molecule has 0 aliphatic heterocycles. The number of carbonyl (C=O) groups is 2. The first-order chi connectivity index (χ1) is 13.9. The summed E-state index contributed by atoms with van der Waals surface area (Å²) >= 11 is 6.12. The summed E-state index contributed by atoms with van der Waals surface area (Å²) in [6.07, 6.45) is 0. The van der Waals surface area contributed by atoms with Gasteiger partial charge < -0.3 is 14.8 Å². The summed E-state index contributed by atoms with van der Waals surface area (Å²) in [5.74, 6) is -1.11. The SMILES string of the molecule is COCc1nc2ccccc2c(C)c1C(=O)OCC(=O)Nc1ccc(C)cc1Cl. The van der Waals surface area contributed by atoms with Gasteiger partial charge in [-0.1, -0.05) is 35.9 Å². The van der Waals surface area contributed by atoms with Crippen LogP contribution in [0.1, 0.15) is 27.2 Å². The number of nitrogens with zero attached hydrogens (tertiary/aromatic N) is 1. The fraction of sp³-hybridized carbons (Fsp3) is 0.227. The molecule has 0 bridgehead atoms. The van der Waals surface area contributed by atoms with E-state index < -0.39 is 18.5 Å². The summed E-state index contributed by atoms with van der Waals surface area (Å²) in [6.45, 7) is 3.44. The van der Waals surface area contributed by atoms with Crippen molar-refractivity contribution in [1.29, 1.82) is 0 Å². The minimum absolute atomic E-state index is 0.154. The van der Waals surface area contributed by atoms with E-state index in [2.05, 4.69) is 10.3 Å². The van der Waals surface area contributed by atoms with Gasteiger partial charge in [0, 0.05) is 12.5 Å². The van der Waals surface area contributed by atoms with E-state index in [1.165, 1.54) is 7.11 Å². The Labute approximate surface area is 173 Å². The first kappa shape index (κ1) is 20.8. The summed E-state index contributed by atoms with van der Waals surface area (Å²) in [4.78, 5) is 29.5. The number of esters is 1. The first-order valence-corrected chi connectivity index (χ1v) is 9.38. The number of hydrogen-bond acceptors (Lipinski definition) is 5. The summed E-state index contributed by atoms with van der Waals surface area (Å²) < 4.78 is 10.4. The standard InChI is InChI=1S/C22H21ClN2O4/c1-13-8-9-18(16(23)10-13)25-20(26)12-29-22(27)21-14(2)15-6-4-5-7-17(15)24-19(21)11-28-3/h4-10H,11-12H2,1-3H3,(H,25,26). The van der Waals surface area contributed by atoms with Gasteiger partial charge in [0.15, 0.2) is 6.61 Å². The predicted octanol–water partition coefficient (Wildman–Crippen LogP) is 4.45. The molecule has 1 amide bonds. The second kappa shape index (κ2) is 9.03. The Morgan fingerprint density at radius 3 is 2.62 bits per heavy atom. The molecule has 3 aromatic rings. The van der Waals surface area contributed by atoms with Crippen LogP contribution in [-0.2, 0) is 20.9 Å². The van der Waals surface area contributed by atoms with Gasteiger partial charge in [0.2, 0.25) is 0 Å². The molecule has 0 atom stereocenters. The lowest BCUT2D eigenvalue weighted by molar-refractivity contribution is -0.119. The number of anilines is 1. The van der Waals surface area contributed by atoms with Crippen LogP contribution in [0.4, 0.5) is 5.69 Å². The number of aromatic nitrogens is 1. The van der Waals surface area contributed by atoms with Crippen LogP contribution in [0.3, 0.4) is 0 Å². The van der Waals surface area contributed by atoms with Gasteiger partial charge in [0.1, 0.15) is 0 Å². The van der Waals surface area contributed by atoms with Crippen molar-refractivity contribution in [3.8, 4) is 0 Å². The molecule has 6 nitrogen and oxygen atoms in total. The number of fused-ring (bicyclic) bond motifs is 1. The molecule has 0 saturated carbocycles. The molecule has 0 radical (unpaired) electrons. The lowest BCUT2D eigenvalue weighted by Crippen LogP contribution is -2.22. The van der Waals surface area contributed by atoms with E-state index in [1.807, 2.05) is 44.2 Å². The fourth-order valence-corrected chi connectivity index (χ4v) is 3.35. The summed E-state index contributed by atoms with van der Waals surface area (Å²) in [5, 5.41) is 3.90. The number of ether oxygens (including phenoxy) is 2. The molecular formula is C22H21ClN2O4. The monoisotopic (exact) mass is 412 g/mol. The number of para-hydroxylation sites is 1. The summed E-state index contributed by atoms with van der Waals surface area (Å²) in [7, 11) is 1.53. The number of carbonyl (C=O) groups excluding carboxylic acids is 2. The summed E-state index contributed by atoms with van der Waals surface area (Å²) in [6, 6.07) is 12.8. The first-order valence-electron chi connectivity index (χ1n) is 9.01. The Kier molecular flexibility index (Phi) is 6.46. The fourth-order valence-electron chi connectivity index (χ4n) is 3.06. The van der Waals surface area contributed by atoms with E-state index in [-0.39, 0.29) is 6.61 Å². The lowest BCUT2D eigenvalue weighted by Gasteiger charge is -2.14. The number of aryl methyl sites for hydroxylation is 2. The van der Waals surface area contributed by atoms with Crippen molar-refractivity contribution in [1.82, 2.24) is 4.98 Å². The van der Waals surface area contributed by atoms with E-state index in [1.54, 1.807) is 12.1 Å². The average Bonchev–Trinajstić information content (AvgIpc) is 2.69. The smallest absolute Gasteiger partial charge is 0.340 e. The topological polar surface area (TPSA) is 77.5 Å². The van der Waals surface area contributed by atoms with E-state index in [9.17, 15) is 9.59 Å². The van der Waals surface area contributed by atoms with Crippen LogP contribution in [-0.4, -0.2) is 30.6 Å². The van der Waals surface area contributed by atoms with Gasteiger partial charge in [-0.25, -0.2) is 9.78 Å². The number of amides is 1. The Hall–Kier alpha value is -2.96. The summed E-state index contributed by atoms with van der Waals surface area (Å²) in [5.41, 5.74) is 3.71. The van der Waals surface area contributed by atoms with Crippen LogP contribution in [0.2, 0.25) is 5.02 Å². The highest BCUT2D eigenvalue weighted by Gasteiger charge is 2.21. The third kappa shape index (κ3) is 4.72. The Bertz CT molecular complexity index is 1080. The van der Waals surface area contributed by atoms with Gasteiger partial charge in [-0.05, 0) is 43.2 Å². The highest BCUT2D eigenvalue weighted by molar-refractivity contribution is 6.33. The molecule has 0 saturated heterocycles. The number of methoxy groups -OCH3 is 1. The van der Waals surface area contributed by atoms with Crippen LogP contribution < -0.4 is 5.32 Å².